The Balaban J connectivity index is 1.58. The van der Waals surface area contributed by atoms with E-state index in [4.69, 9.17) is 0 Å². The van der Waals surface area contributed by atoms with Crippen LogP contribution in [0.5, 0.6) is 0 Å². The van der Waals surface area contributed by atoms with Crippen LogP contribution in [0.3, 0.4) is 0 Å². The average molecular weight is 415 g/mol. The molecule has 3 heterocycles. The number of hydrogen-bond acceptors (Lipinski definition) is 4. The van der Waals surface area contributed by atoms with Crippen LogP contribution in [-0.4, -0.2) is 25.4 Å². The molecule has 1 aromatic carbocycles. The van der Waals surface area contributed by atoms with Crippen molar-refractivity contribution in [2.45, 2.75) is 40.3 Å². The van der Waals surface area contributed by atoms with Crippen molar-refractivity contribution in [3.05, 3.63) is 93.0 Å². The zero-order valence-electron chi connectivity index (χ0n) is 17.9. The van der Waals surface area contributed by atoms with E-state index in [-0.39, 0.29) is 24.4 Å². The molecule has 4 rings (SSSR count). The van der Waals surface area contributed by atoms with Crippen molar-refractivity contribution in [2.75, 3.05) is 0 Å². The summed E-state index contributed by atoms with van der Waals surface area (Å²) in [7, 11) is 0. The molecule has 0 saturated heterocycles. The highest BCUT2D eigenvalue weighted by Crippen LogP contribution is 2.27. The third kappa shape index (κ3) is 4.26. The minimum Gasteiger partial charge on any atom is -0.352 e. The Morgan fingerprint density at radius 2 is 1.84 bits per heavy atom. The van der Waals surface area contributed by atoms with E-state index in [1.807, 2.05) is 45.0 Å². The molecule has 0 radical (unpaired) electrons. The van der Waals surface area contributed by atoms with Crippen LogP contribution in [0.2, 0.25) is 0 Å². The molecule has 0 saturated carbocycles. The summed E-state index contributed by atoms with van der Waals surface area (Å²) in [5.41, 5.74) is 6.19. The first kappa shape index (κ1) is 20.5. The van der Waals surface area contributed by atoms with Crippen molar-refractivity contribution in [1.29, 1.82) is 0 Å². The lowest BCUT2D eigenvalue weighted by atomic mass is 10.1. The molecule has 158 valence electrons. The van der Waals surface area contributed by atoms with Crippen LogP contribution in [0.25, 0.3) is 10.9 Å². The van der Waals surface area contributed by atoms with Gasteiger partial charge < -0.3 is 14.9 Å². The Morgan fingerprint density at radius 1 is 1.10 bits per heavy atom. The molecule has 4 aromatic rings. The van der Waals surface area contributed by atoms with Crippen LogP contribution in [-0.2, 0) is 24.3 Å². The summed E-state index contributed by atoms with van der Waals surface area (Å²) in [5.74, 6) is -0.117. The Morgan fingerprint density at radius 3 is 2.58 bits per heavy atom. The number of benzene rings is 1. The number of aromatic nitrogens is 4. The number of H-pyrrole nitrogens is 1. The molecule has 0 atom stereocenters. The van der Waals surface area contributed by atoms with E-state index >= 15 is 0 Å². The highest BCUT2D eigenvalue weighted by molar-refractivity contribution is 5.90. The first-order chi connectivity index (χ1) is 14.9. The number of nitrogens with one attached hydrogen (secondary N) is 2. The van der Waals surface area contributed by atoms with Crippen LogP contribution in [0.4, 0.5) is 0 Å². The molecule has 7 heteroatoms. The molecule has 0 bridgehead atoms. The lowest BCUT2D eigenvalue weighted by Gasteiger charge is -2.10. The largest absolute Gasteiger partial charge is 0.352 e. The van der Waals surface area contributed by atoms with Crippen LogP contribution in [0.1, 0.15) is 33.6 Å². The molecule has 0 spiro atoms. The number of aryl methyl sites for hydroxylation is 2. The molecule has 1 amide bonds. The fraction of sp³-hybridized carbons (Fsp3) is 0.250. The monoisotopic (exact) mass is 415 g/mol. The maximum absolute atomic E-state index is 12.8. The van der Waals surface area contributed by atoms with E-state index in [0.717, 1.165) is 39.0 Å². The minimum atomic E-state index is -0.157. The van der Waals surface area contributed by atoms with E-state index in [0.29, 0.717) is 12.1 Å². The van der Waals surface area contributed by atoms with Crippen molar-refractivity contribution >= 4 is 16.8 Å². The molecule has 3 aromatic heterocycles. The number of rotatable bonds is 6. The number of amides is 1. The van der Waals surface area contributed by atoms with Crippen molar-refractivity contribution in [3.63, 3.8) is 0 Å². The lowest BCUT2D eigenvalue weighted by Crippen LogP contribution is -2.29. The van der Waals surface area contributed by atoms with Crippen molar-refractivity contribution in [2.24, 2.45) is 0 Å². The Kier molecular flexibility index (Phi) is 5.66. The summed E-state index contributed by atoms with van der Waals surface area (Å²) in [6, 6.07) is 9.98. The number of pyridine rings is 1. The van der Waals surface area contributed by atoms with Gasteiger partial charge in [0.25, 0.3) is 5.56 Å². The third-order valence-corrected chi connectivity index (χ3v) is 5.61. The number of fused-ring (bicyclic) bond motifs is 1. The molecule has 0 aliphatic heterocycles. The highest BCUT2D eigenvalue weighted by Gasteiger charge is 2.17. The van der Waals surface area contributed by atoms with Crippen LogP contribution in [0.15, 0.2) is 53.8 Å². The normalized spacial score (nSPS) is 11.1. The number of aromatic amines is 1. The van der Waals surface area contributed by atoms with Gasteiger partial charge in [0.1, 0.15) is 6.33 Å². The molecular formula is C24H25N5O2. The predicted octanol–water partition coefficient (Wildman–Crippen LogP) is 2.95. The first-order valence-electron chi connectivity index (χ1n) is 10.2. The van der Waals surface area contributed by atoms with E-state index < -0.39 is 0 Å². The fourth-order valence-electron chi connectivity index (χ4n) is 4.04. The van der Waals surface area contributed by atoms with Gasteiger partial charge in [-0.05, 0) is 44.0 Å². The average Bonchev–Trinajstić information content (AvgIpc) is 3.00. The summed E-state index contributed by atoms with van der Waals surface area (Å²) < 4.78 is 2.19. The Bertz CT molecular complexity index is 1310. The van der Waals surface area contributed by atoms with Gasteiger partial charge in [0.05, 0.1) is 13.0 Å². The molecule has 0 fully saturated rings. The topological polar surface area (TPSA) is 92.7 Å². The molecule has 31 heavy (non-hydrogen) atoms. The second-order valence-electron chi connectivity index (χ2n) is 7.81. The van der Waals surface area contributed by atoms with Gasteiger partial charge in [0.15, 0.2) is 0 Å². The SMILES string of the molecule is Cc1cc(C)c(CNC(=O)Cc2c(C)n(Cc3cncnc3)c3ccccc23)c(=O)[nH]1. The standard InChI is InChI=1S/C24H25N5O2/c1-15-8-16(2)28-24(31)21(15)12-27-23(30)9-20-17(3)29(13-18-10-25-14-26-11-18)22-7-5-4-6-19(20)22/h4-8,10-11,14H,9,12-13H2,1-3H3,(H,27,30)(H,28,31). The Hall–Kier alpha value is -3.74. The van der Waals surface area contributed by atoms with Crippen molar-refractivity contribution in [1.82, 2.24) is 24.8 Å². The van der Waals surface area contributed by atoms with Gasteiger partial charge in [-0.25, -0.2) is 9.97 Å². The first-order valence-corrected chi connectivity index (χ1v) is 10.2. The van der Waals surface area contributed by atoms with Gasteiger partial charge in [-0.3, -0.25) is 9.59 Å². The maximum atomic E-state index is 12.8. The second kappa shape index (κ2) is 8.55. The highest BCUT2D eigenvalue weighted by atomic mass is 16.1. The summed E-state index contributed by atoms with van der Waals surface area (Å²) in [6.45, 7) is 6.60. The van der Waals surface area contributed by atoms with Crippen LogP contribution in [0, 0.1) is 20.8 Å². The molecule has 0 aliphatic carbocycles. The van der Waals surface area contributed by atoms with Gasteiger partial charge in [0.2, 0.25) is 5.91 Å². The summed E-state index contributed by atoms with van der Waals surface area (Å²) >= 11 is 0. The van der Waals surface area contributed by atoms with Gasteiger partial charge in [-0.1, -0.05) is 18.2 Å². The molecule has 7 nitrogen and oxygen atoms in total. The van der Waals surface area contributed by atoms with Crippen LogP contribution < -0.4 is 10.9 Å². The summed E-state index contributed by atoms with van der Waals surface area (Å²) in [6.07, 6.45) is 5.36. The smallest absolute Gasteiger partial charge is 0.253 e. The van der Waals surface area contributed by atoms with Gasteiger partial charge in [0, 0.05) is 52.4 Å². The van der Waals surface area contributed by atoms with E-state index in [1.54, 1.807) is 12.4 Å². The van der Waals surface area contributed by atoms with E-state index in [1.165, 1.54) is 6.33 Å². The lowest BCUT2D eigenvalue weighted by molar-refractivity contribution is -0.120. The third-order valence-electron chi connectivity index (χ3n) is 5.61. The molecular weight excluding hydrogens is 390 g/mol. The van der Waals surface area contributed by atoms with Crippen LogP contribution >= 0.6 is 0 Å². The molecule has 2 N–H and O–H groups in total. The number of nitrogens with zero attached hydrogens (tertiary/aromatic N) is 3. The van der Waals surface area contributed by atoms with Gasteiger partial charge in [-0.2, -0.15) is 0 Å². The number of hydrogen-bond donors (Lipinski definition) is 2. The number of para-hydroxylation sites is 1. The minimum absolute atomic E-state index is 0.117. The molecule has 0 aliphatic rings. The number of carbonyl (C=O) groups is 1. The molecule has 0 unspecified atom stereocenters. The maximum Gasteiger partial charge on any atom is 0.253 e. The quantitative estimate of drug-likeness (QED) is 0.506. The number of carbonyl (C=O) groups excluding carboxylic acids is 1. The van der Waals surface area contributed by atoms with Crippen molar-refractivity contribution < 1.29 is 4.79 Å². The van der Waals surface area contributed by atoms with Crippen molar-refractivity contribution in [3.8, 4) is 0 Å². The summed E-state index contributed by atoms with van der Waals surface area (Å²) in [5, 5.41) is 3.96. The van der Waals surface area contributed by atoms with Gasteiger partial charge >= 0.3 is 0 Å². The zero-order chi connectivity index (χ0) is 22.0. The van der Waals surface area contributed by atoms with E-state index in [9.17, 15) is 9.59 Å². The van der Waals surface area contributed by atoms with E-state index in [2.05, 4.69) is 30.9 Å². The van der Waals surface area contributed by atoms with Gasteiger partial charge in [-0.15, -0.1) is 0 Å². The predicted molar refractivity (Wildman–Crippen MR) is 120 cm³/mol. The second-order valence-corrected chi connectivity index (χ2v) is 7.81. The fourth-order valence-corrected chi connectivity index (χ4v) is 4.04. The zero-order valence-corrected chi connectivity index (χ0v) is 17.9. The Labute approximate surface area is 180 Å². The summed E-state index contributed by atoms with van der Waals surface area (Å²) in [4.78, 5) is 36.0.